The molecule has 208 valence electrons. The summed E-state index contributed by atoms with van der Waals surface area (Å²) in [5.74, 6) is 0.497. The van der Waals surface area contributed by atoms with Crippen molar-refractivity contribution in [2.24, 2.45) is 0 Å². The van der Waals surface area contributed by atoms with E-state index in [0.717, 1.165) is 42.3 Å². The zero-order valence-corrected chi connectivity index (χ0v) is 23.4. The topological polar surface area (TPSA) is 98.6 Å². The maximum absolute atomic E-state index is 14.4. The summed E-state index contributed by atoms with van der Waals surface area (Å²) in [5, 5.41) is 11.7. The van der Waals surface area contributed by atoms with E-state index in [1.54, 1.807) is 42.0 Å². The quantitative estimate of drug-likeness (QED) is 0.324. The maximum Gasteiger partial charge on any atom is 0.249 e. The van der Waals surface area contributed by atoms with Gasteiger partial charge in [0.15, 0.2) is 0 Å². The molecule has 4 aromatic rings. The second-order valence-corrected chi connectivity index (χ2v) is 10.2. The van der Waals surface area contributed by atoms with Crippen molar-refractivity contribution < 1.29 is 19.1 Å². The molecule has 3 aromatic carbocycles. The minimum atomic E-state index is -0.996. The Balaban J connectivity index is 1.65. The number of fused-ring (bicyclic) bond motifs is 1. The highest BCUT2D eigenvalue weighted by atomic mass is 16.5. The summed E-state index contributed by atoms with van der Waals surface area (Å²) < 4.78 is 12.7. The van der Waals surface area contributed by atoms with Gasteiger partial charge in [-0.25, -0.2) is 4.68 Å². The number of carbonyl (C=O) groups is 2. The fraction of sp³-hybridized carbons (Fsp3) is 0.355. The molecular formula is C31H35N5O4. The van der Waals surface area contributed by atoms with E-state index in [-0.39, 0.29) is 24.4 Å². The number of rotatable bonds is 9. The van der Waals surface area contributed by atoms with Gasteiger partial charge in [-0.05, 0) is 68.1 Å². The van der Waals surface area contributed by atoms with Crippen molar-refractivity contribution in [1.29, 1.82) is 0 Å². The second kappa shape index (κ2) is 11.8. The highest BCUT2D eigenvalue weighted by Crippen LogP contribution is 2.38. The molecule has 0 saturated heterocycles. The number of nitrogens with zero attached hydrogens (tertiary/aromatic N) is 4. The van der Waals surface area contributed by atoms with Crippen LogP contribution in [0, 0.1) is 13.8 Å². The van der Waals surface area contributed by atoms with E-state index in [0.29, 0.717) is 28.3 Å². The van der Waals surface area contributed by atoms with Crippen LogP contribution in [-0.2, 0) is 16.1 Å². The Morgan fingerprint density at radius 3 is 2.55 bits per heavy atom. The molecule has 9 heteroatoms. The van der Waals surface area contributed by atoms with Gasteiger partial charge in [-0.3, -0.25) is 14.5 Å². The third-order valence-corrected chi connectivity index (χ3v) is 7.75. The minimum Gasteiger partial charge on any atom is -0.497 e. The fourth-order valence-corrected chi connectivity index (χ4v) is 5.44. The zero-order valence-electron chi connectivity index (χ0n) is 23.4. The molecule has 5 rings (SSSR count). The molecule has 1 aliphatic carbocycles. The van der Waals surface area contributed by atoms with E-state index in [1.807, 2.05) is 56.3 Å². The van der Waals surface area contributed by atoms with Crippen LogP contribution in [0.25, 0.3) is 11.0 Å². The fourth-order valence-electron chi connectivity index (χ4n) is 5.44. The van der Waals surface area contributed by atoms with Crippen molar-refractivity contribution in [3.63, 3.8) is 0 Å². The van der Waals surface area contributed by atoms with E-state index in [9.17, 15) is 9.59 Å². The number of ether oxygens (including phenoxy) is 2. The van der Waals surface area contributed by atoms with Gasteiger partial charge in [0.25, 0.3) is 0 Å². The van der Waals surface area contributed by atoms with Gasteiger partial charge in [0.1, 0.15) is 29.6 Å². The molecule has 1 N–H and O–H groups in total. The Kier molecular flexibility index (Phi) is 8.00. The smallest absolute Gasteiger partial charge is 0.249 e. The molecule has 1 fully saturated rings. The Labute approximate surface area is 234 Å². The number of nitrogens with one attached hydrogen (secondary N) is 1. The number of benzene rings is 3. The van der Waals surface area contributed by atoms with E-state index in [1.165, 1.54) is 0 Å². The zero-order chi connectivity index (χ0) is 28.2. The monoisotopic (exact) mass is 541 g/mol. The summed E-state index contributed by atoms with van der Waals surface area (Å²) >= 11 is 0. The summed E-state index contributed by atoms with van der Waals surface area (Å²) in [5.41, 5.74) is 4.57. The predicted octanol–water partition coefficient (Wildman–Crippen LogP) is 4.90. The lowest BCUT2D eigenvalue weighted by Gasteiger charge is -2.34. The van der Waals surface area contributed by atoms with Crippen molar-refractivity contribution in [2.75, 3.05) is 19.1 Å². The van der Waals surface area contributed by atoms with Gasteiger partial charge in [-0.1, -0.05) is 42.3 Å². The van der Waals surface area contributed by atoms with E-state index in [4.69, 9.17) is 9.47 Å². The van der Waals surface area contributed by atoms with Crippen LogP contribution in [0.4, 0.5) is 5.69 Å². The summed E-state index contributed by atoms with van der Waals surface area (Å²) in [6.07, 6.45) is 3.97. The molecule has 1 atom stereocenters. The average Bonchev–Trinajstić information content (AvgIpc) is 3.63. The van der Waals surface area contributed by atoms with Crippen molar-refractivity contribution in [3.8, 4) is 11.5 Å². The summed E-state index contributed by atoms with van der Waals surface area (Å²) in [4.78, 5) is 30.2. The average molecular weight is 542 g/mol. The molecule has 0 radical (unpaired) electrons. The Bertz CT molecular complexity index is 1530. The number of methoxy groups -OCH3 is 2. The lowest BCUT2D eigenvalue weighted by Crippen LogP contribution is -2.47. The van der Waals surface area contributed by atoms with E-state index >= 15 is 0 Å². The molecule has 1 aliphatic rings. The molecule has 0 bridgehead atoms. The number of aromatic nitrogens is 3. The van der Waals surface area contributed by atoms with Gasteiger partial charge in [0.05, 0.1) is 19.7 Å². The Morgan fingerprint density at radius 2 is 1.80 bits per heavy atom. The van der Waals surface area contributed by atoms with Crippen LogP contribution in [0.15, 0.2) is 60.7 Å². The first-order chi connectivity index (χ1) is 19.4. The third kappa shape index (κ3) is 5.36. The number of aryl methyl sites for hydroxylation is 1. The number of para-hydroxylation sites is 1. The van der Waals surface area contributed by atoms with Crippen LogP contribution < -0.4 is 19.7 Å². The number of hydrogen-bond acceptors (Lipinski definition) is 6. The minimum absolute atomic E-state index is 0.0639. The first-order valence-corrected chi connectivity index (χ1v) is 13.6. The third-order valence-electron chi connectivity index (χ3n) is 7.75. The summed E-state index contributed by atoms with van der Waals surface area (Å²) in [6.45, 7) is 3.86. The second-order valence-electron chi connectivity index (χ2n) is 10.2. The molecule has 1 heterocycles. The van der Waals surface area contributed by atoms with Crippen LogP contribution in [0.5, 0.6) is 11.5 Å². The lowest BCUT2D eigenvalue weighted by molar-refractivity contribution is -0.127. The van der Waals surface area contributed by atoms with Crippen LogP contribution in [0.3, 0.4) is 0 Å². The van der Waals surface area contributed by atoms with Gasteiger partial charge < -0.3 is 14.8 Å². The van der Waals surface area contributed by atoms with Gasteiger partial charge in [0, 0.05) is 23.4 Å². The van der Waals surface area contributed by atoms with Gasteiger partial charge >= 0.3 is 0 Å². The first-order valence-electron chi connectivity index (χ1n) is 13.6. The van der Waals surface area contributed by atoms with Crippen LogP contribution in [-0.4, -0.2) is 47.1 Å². The highest BCUT2D eigenvalue weighted by Gasteiger charge is 2.37. The van der Waals surface area contributed by atoms with E-state index < -0.39 is 6.04 Å². The molecule has 0 unspecified atom stereocenters. The van der Waals surface area contributed by atoms with Gasteiger partial charge in [0.2, 0.25) is 11.8 Å². The maximum atomic E-state index is 14.4. The first kappa shape index (κ1) is 27.2. The van der Waals surface area contributed by atoms with Crippen molar-refractivity contribution in [2.45, 2.75) is 58.2 Å². The summed E-state index contributed by atoms with van der Waals surface area (Å²) in [6, 6.07) is 17.7. The van der Waals surface area contributed by atoms with Gasteiger partial charge in [-0.2, -0.15) is 0 Å². The predicted molar refractivity (Wildman–Crippen MR) is 154 cm³/mol. The molecule has 9 nitrogen and oxygen atoms in total. The largest absolute Gasteiger partial charge is 0.497 e. The lowest BCUT2D eigenvalue weighted by atomic mass is 9.98. The van der Waals surface area contributed by atoms with Crippen molar-refractivity contribution in [1.82, 2.24) is 20.3 Å². The number of amides is 2. The number of anilines is 1. The molecule has 1 saturated carbocycles. The van der Waals surface area contributed by atoms with Crippen molar-refractivity contribution in [3.05, 3.63) is 77.4 Å². The van der Waals surface area contributed by atoms with Gasteiger partial charge in [-0.15, -0.1) is 5.10 Å². The van der Waals surface area contributed by atoms with Crippen LogP contribution in [0.1, 0.15) is 48.4 Å². The number of carbonyl (C=O) groups excluding carboxylic acids is 2. The van der Waals surface area contributed by atoms with Crippen LogP contribution >= 0.6 is 0 Å². The molecule has 0 aliphatic heterocycles. The Hall–Kier alpha value is -4.40. The SMILES string of the molecule is COc1ccc([C@@H](C(=O)NC2CCCC2)N(C(=O)Cn2nnc3ccccc32)c2cccc(C)c2C)c(OC)c1. The molecule has 0 spiro atoms. The highest BCUT2D eigenvalue weighted by molar-refractivity contribution is 6.02. The molecular weight excluding hydrogens is 506 g/mol. The Morgan fingerprint density at radius 1 is 1.02 bits per heavy atom. The number of hydrogen-bond donors (Lipinski definition) is 1. The van der Waals surface area contributed by atoms with Crippen LogP contribution in [0.2, 0.25) is 0 Å². The van der Waals surface area contributed by atoms with Crippen molar-refractivity contribution >= 4 is 28.5 Å². The standard InChI is InChI=1S/C31H35N5O4/c1-20-10-9-15-26(21(20)2)36(29(37)19-35-27-14-8-7-13-25(27)33-34-35)30(31(38)32-22-11-5-6-12-22)24-17-16-23(39-3)18-28(24)40-4/h7-10,13-18,22,30H,5-6,11-12,19H2,1-4H3,(H,32,38)/t30-/m0/s1. The normalized spacial score (nSPS) is 14.2. The molecule has 1 aromatic heterocycles. The summed E-state index contributed by atoms with van der Waals surface area (Å²) in [7, 11) is 3.13. The van der Waals surface area contributed by atoms with E-state index in [2.05, 4.69) is 15.6 Å². The molecule has 2 amide bonds. The molecule has 40 heavy (non-hydrogen) atoms.